The highest BCUT2D eigenvalue weighted by Crippen LogP contribution is 2.54. The molecule has 1 saturated carbocycles. The summed E-state index contributed by atoms with van der Waals surface area (Å²) in [4.78, 5) is 0. The summed E-state index contributed by atoms with van der Waals surface area (Å²) in [5, 5.41) is 9.71. The molecule has 1 fully saturated rings. The fourth-order valence-corrected chi connectivity index (χ4v) is 2.84. The lowest BCUT2D eigenvalue weighted by Gasteiger charge is -2.50. The molecule has 0 radical (unpaired) electrons. The SMILES string of the molecule is COCOc1cc(OC)ccc1C1(C#N)CC(OC)(OC)C1. The first-order chi connectivity index (χ1) is 10.6. The van der Waals surface area contributed by atoms with Crippen LogP contribution in [0.2, 0.25) is 0 Å². The molecule has 1 aromatic rings. The molecule has 1 aliphatic carbocycles. The first kappa shape index (κ1) is 16.6. The maximum absolute atomic E-state index is 9.71. The number of ether oxygens (including phenoxy) is 5. The second kappa shape index (κ2) is 6.53. The average Bonchev–Trinajstić information content (AvgIpc) is 2.54. The Balaban J connectivity index is 2.36. The molecule has 0 bridgehead atoms. The van der Waals surface area contributed by atoms with Crippen molar-refractivity contribution >= 4 is 0 Å². The second-order valence-electron chi connectivity index (χ2n) is 5.28. The summed E-state index contributed by atoms with van der Waals surface area (Å²) in [5.74, 6) is 0.518. The maximum Gasteiger partial charge on any atom is 0.188 e. The van der Waals surface area contributed by atoms with Crippen molar-refractivity contribution in [2.24, 2.45) is 0 Å². The van der Waals surface area contributed by atoms with Gasteiger partial charge in [-0.25, -0.2) is 0 Å². The minimum absolute atomic E-state index is 0.0986. The fraction of sp³-hybridized carbons (Fsp3) is 0.562. The Hall–Kier alpha value is -1.81. The van der Waals surface area contributed by atoms with Crippen LogP contribution in [-0.4, -0.2) is 41.0 Å². The van der Waals surface area contributed by atoms with Crippen LogP contribution in [0.1, 0.15) is 18.4 Å². The molecule has 0 aliphatic heterocycles. The Bertz CT molecular complexity index is 554. The smallest absolute Gasteiger partial charge is 0.188 e. The maximum atomic E-state index is 9.71. The molecule has 0 amide bonds. The van der Waals surface area contributed by atoms with Gasteiger partial charge in [0.05, 0.1) is 18.6 Å². The molecule has 1 aromatic carbocycles. The average molecular weight is 307 g/mol. The van der Waals surface area contributed by atoms with Crippen molar-refractivity contribution in [1.29, 1.82) is 5.26 Å². The van der Waals surface area contributed by atoms with Gasteiger partial charge in [-0.05, 0) is 6.07 Å². The van der Waals surface area contributed by atoms with Crippen molar-refractivity contribution in [3.05, 3.63) is 23.8 Å². The van der Waals surface area contributed by atoms with Gasteiger partial charge in [-0.1, -0.05) is 6.07 Å². The van der Waals surface area contributed by atoms with E-state index in [2.05, 4.69) is 6.07 Å². The zero-order valence-corrected chi connectivity index (χ0v) is 13.3. The van der Waals surface area contributed by atoms with E-state index < -0.39 is 11.2 Å². The third-order valence-electron chi connectivity index (χ3n) is 4.14. The summed E-state index contributed by atoms with van der Waals surface area (Å²) in [6, 6.07) is 7.81. The van der Waals surface area contributed by atoms with Crippen LogP contribution in [0.15, 0.2) is 18.2 Å². The molecule has 0 N–H and O–H groups in total. The summed E-state index contributed by atoms with van der Waals surface area (Å²) in [5.41, 5.74) is 0.0824. The highest BCUT2D eigenvalue weighted by molar-refractivity contribution is 5.50. The minimum atomic E-state index is -0.714. The van der Waals surface area contributed by atoms with Gasteiger partial charge in [0.15, 0.2) is 12.6 Å². The predicted molar refractivity (Wildman–Crippen MR) is 78.8 cm³/mol. The van der Waals surface area contributed by atoms with E-state index in [9.17, 15) is 5.26 Å². The molecular formula is C16H21NO5. The number of hydrogen-bond donors (Lipinski definition) is 0. The van der Waals surface area contributed by atoms with Crippen molar-refractivity contribution < 1.29 is 23.7 Å². The first-order valence-corrected chi connectivity index (χ1v) is 6.90. The van der Waals surface area contributed by atoms with E-state index in [0.717, 1.165) is 5.56 Å². The van der Waals surface area contributed by atoms with E-state index in [1.54, 1.807) is 34.5 Å². The van der Waals surface area contributed by atoms with Crippen molar-refractivity contribution in [2.75, 3.05) is 35.2 Å². The monoisotopic (exact) mass is 307 g/mol. The van der Waals surface area contributed by atoms with Gasteiger partial charge < -0.3 is 23.7 Å². The number of hydrogen-bond acceptors (Lipinski definition) is 6. The van der Waals surface area contributed by atoms with Crippen LogP contribution in [0.3, 0.4) is 0 Å². The zero-order valence-electron chi connectivity index (χ0n) is 13.3. The van der Waals surface area contributed by atoms with Crippen LogP contribution in [0, 0.1) is 11.3 Å². The Labute approximate surface area is 130 Å². The summed E-state index contributed by atoms with van der Waals surface area (Å²) >= 11 is 0. The van der Waals surface area contributed by atoms with Crippen LogP contribution in [0.4, 0.5) is 0 Å². The molecule has 120 valence electrons. The van der Waals surface area contributed by atoms with Crippen molar-refractivity contribution in [3.8, 4) is 17.6 Å². The standard InChI is InChI=1S/C16H21NO5/c1-18-11-22-14-7-12(19-2)5-6-13(14)15(10-17)8-16(9-15,20-3)21-4/h5-7H,8-9,11H2,1-4H3. The zero-order chi connectivity index (χ0) is 16.2. The Morgan fingerprint density at radius 2 is 1.82 bits per heavy atom. The van der Waals surface area contributed by atoms with Gasteiger partial charge in [0, 0.05) is 45.8 Å². The largest absolute Gasteiger partial charge is 0.497 e. The lowest BCUT2D eigenvalue weighted by molar-refractivity contribution is -0.269. The van der Waals surface area contributed by atoms with Crippen molar-refractivity contribution in [2.45, 2.75) is 24.0 Å². The highest BCUT2D eigenvalue weighted by atomic mass is 16.7. The van der Waals surface area contributed by atoms with Gasteiger partial charge in [0.1, 0.15) is 11.5 Å². The minimum Gasteiger partial charge on any atom is -0.497 e. The molecule has 0 aromatic heterocycles. The van der Waals surface area contributed by atoms with E-state index in [1.807, 2.05) is 12.1 Å². The summed E-state index contributed by atoms with van der Waals surface area (Å²) in [7, 11) is 6.30. The number of nitriles is 1. The molecule has 2 rings (SSSR count). The molecular weight excluding hydrogens is 286 g/mol. The molecule has 6 heteroatoms. The summed E-state index contributed by atoms with van der Waals surface area (Å²) in [6.45, 7) is 0.0986. The highest BCUT2D eigenvalue weighted by Gasteiger charge is 2.58. The van der Waals surface area contributed by atoms with Crippen LogP contribution < -0.4 is 9.47 Å². The number of rotatable bonds is 7. The summed E-state index contributed by atoms with van der Waals surface area (Å²) in [6.07, 6.45) is 0.887. The van der Waals surface area contributed by atoms with Crippen LogP contribution in [0.5, 0.6) is 11.5 Å². The van der Waals surface area contributed by atoms with Gasteiger partial charge in [-0.3, -0.25) is 0 Å². The normalized spacial score (nSPS) is 18.1. The molecule has 0 spiro atoms. The van der Waals surface area contributed by atoms with Crippen LogP contribution >= 0.6 is 0 Å². The molecule has 1 aliphatic rings. The van der Waals surface area contributed by atoms with E-state index >= 15 is 0 Å². The van der Waals surface area contributed by atoms with E-state index in [1.165, 1.54) is 0 Å². The third-order valence-corrected chi connectivity index (χ3v) is 4.14. The Morgan fingerprint density at radius 1 is 1.14 bits per heavy atom. The van der Waals surface area contributed by atoms with Crippen molar-refractivity contribution in [3.63, 3.8) is 0 Å². The first-order valence-electron chi connectivity index (χ1n) is 6.90. The molecule has 6 nitrogen and oxygen atoms in total. The Kier molecular flexibility index (Phi) is 4.91. The topological polar surface area (TPSA) is 69.9 Å². The quantitative estimate of drug-likeness (QED) is 0.719. The van der Waals surface area contributed by atoms with Crippen LogP contribution in [0.25, 0.3) is 0 Å². The molecule has 0 unspecified atom stereocenters. The second-order valence-corrected chi connectivity index (χ2v) is 5.28. The van der Waals surface area contributed by atoms with Crippen LogP contribution in [-0.2, 0) is 19.6 Å². The van der Waals surface area contributed by atoms with Gasteiger partial charge in [0.2, 0.25) is 0 Å². The van der Waals surface area contributed by atoms with Gasteiger partial charge in [0.25, 0.3) is 0 Å². The lowest BCUT2D eigenvalue weighted by Crippen LogP contribution is -2.56. The number of benzene rings is 1. The lowest BCUT2D eigenvalue weighted by atomic mass is 9.61. The third kappa shape index (κ3) is 2.75. The van der Waals surface area contributed by atoms with Gasteiger partial charge >= 0.3 is 0 Å². The molecule has 0 atom stereocenters. The van der Waals surface area contributed by atoms with Crippen molar-refractivity contribution in [1.82, 2.24) is 0 Å². The van der Waals surface area contributed by atoms with E-state index in [4.69, 9.17) is 23.7 Å². The summed E-state index contributed by atoms with van der Waals surface area (Å²) < 4.78 is 26.6. The molecule has 0 heterocycles. The number of methoxy groups -OCH3 is 4. The Morgan fingerprint density at radius 3 is 2.32 bits per heavy atom. The predicted octanol–water partition coefficient (Wildman–Crippen LogP) is 2.22. The van der Waals surface area contributed by atoms with E-state index in [0.29, 0.717) is 24.3 Å². The van der Waals surface area contributed by atoms with Gasteiger partial charge in [-0.15, -0.1) is 0 Å². The number of nitrogens with zero attached hydrogens (tertiary/aromatic N) is 1. The molecule has 22 heavy (non-hydrogen) atoms. The molecule has 0 saturated heterocycles. The van der Waals surface area contributed by atoms with E-state index in [-0.39, 0.29) is 6.79 Å². The fourth-order valence-electron chi connectivity index (χ4n) is 2.84. The van der Waals surface area contributed by atoms with Gasteiger partial charge in [-0.2, -0.15) is 5.26 Å².